The maximum absolute atomic E-state index is 13.3. The van der Waals surface area contributed by atoms with Crippen LogP contribution < -0.4 is 30.5 Å². The summed E-state index contributed by atoms with van der Waals surface area (Å²) in [4.78, 5) is 70.4. The zero-order valence-electron chi connectivity index (χ0n) is 36.6. The minimum Gasteiger partial charge on any atom is -0.494 e. The monoisotopic (exact) mass is 935 g/mol. The summed E-state index contributed by atoms with van der Waals surface area (Å²) in [5, 5.41) is 9.73. The fourth-order valence-corrected chi connectivity index (χ4v) is 11.0. The van der Waals surface area contributed by atoms with E-state index in [0.29, 0.717) is 51.5 Å². The Bertz CT molecular complexity index is 2870. The normalized spacial score (nSPS) is 20.2. The molecule has 0 bridgehead atoms. The van der Waals surface area contributed by atoms with Gasteiger partial charge in [-0.2, -0.15) is 4.98 Å². The second-order valence-corrected chi connectivity index (χ2v) is 19.9. The van der Waals surface area contributed by atoms with Crippen LogP contribution in [-0.4, -0.2) is 145 Å². The standard InChI is InChI=1S/C46H50ClN11O7S/c1-65-39-23-32(7-9-36(39)50-46-48-24-35(47)42(52-46)49-37-5-3-4-29-12-17-57(41(29)37)66(2,63)64)54-15-13-30(14-16-54)55-20-18-53(19-21-55)25-28-26-56(27-28)31-6-8-33-34(22-31)45(62)58(44(33)61)38-10-11-40(59)51-43(38)60/h3-9,12,17,22-24,28,30,38H,10-11,13-16,18-21,25-27H2,1-2H3,(H,51,59,60)(H2,48,49,50,52). The Morgan fingerprint density at radius 2 is 1.58 bits per heavy atom. The number of benzene rings is 3. The number of amides is 4. The van der Waals surface area contributed by atoms with Crippen LogP contribution in [0, 0.1) is 5.92 Å². The van der Waals surface area contributed by atoms with E-state index < -0.39 is 39.7 Å². The van der Waals surface area contributed by atoms with Crippen LogP contribution >= 0.6 is 11.6 Å². The second-order valence-electron chi connectivity index (χ2n) is 17.6. The van der Waals surface area contributed by atoms with Crippen molar-refractivity contribution >= 4 is 90.7 Å². The molecule has 0 radical (unpaired) electrons. The topological polar surface area (TPSA) is 195 Å². The molecule has 4 saturated heterocycles. The number of nitrogens with zero attached hydrogens (tertiary/aromatic N) is 8. The number of halogens is 1. The molecule has 4 fully saturated rings. The van der Waals surface area contributed by atoms with Crippen molar-refractivity contribution in [1.82, 2.24) is 34.0 Å². The van der Waals surface area contributed by atoms with E-state index in [9.17, 15) is 27.6 Å². The summed E-state index contributed by atoms with van der Waals surface area (Å²) in [6.45, 7) is 8.74. The van der Waals surface area contributed by atoms with Gasteiger partial charge >= 0.3 is 0 Å². The van der Waals surface area contributed by atoms with Gasteiger partial charge in [0.1, 0.15) is 16.8 Å². The lowest BCUT2D eigenvalue weighted by atomic mass is 9.96. The van der Waals surface area contributed by atoms with Crippen molar-refractivity contribution in [3.63, 3.8) is 0 Å². The largest absolute Gasteiger partial charge is 0.494 e. The van der Waals surface area contributed by atoms with E-state index in [0.717, 1.165) is 99.7 Å². The van der Waals surface area contributed by atoms with Crippen LogP contribution in [0.4, 0.5) is 34.5 Å². The number of carbonyl (C=O) groups excluding carboxylic acids is 4. The first kappa shape index (κ1) is 43.6. The molecule has 344 valence electrons. The minimum atomic E-state index is -3.55. The smallest absolute Gasteiger partial charge is 0.262 e. The molecule has 2 aromatic heterocycles. The van der Waals surface area contributed by atoms with Crippen molar-refractivity contribution in [3.8, 4) is 5.75 Å². The van der Waals surface area contributed by atoms with Crippen LogP contribution in [0.25, 0.3) is 10.9 Å². The Morgan fingerprint density at radius 1 is 0.833 bits per heavy atom. The highest BCUT2D eigenvalue weighted by Crippen LogP contribution is 2.37. The molecule has 5 aromatic rings. The van der Waals surface area contributed by atoms with Gasteiger partial charge in [-0.3, -0.25) is 34.3 Å². The number of imide groups is 2. The highest BCUT2D eigenvalue weighted by atomic mass is 35.5. The molecule has 3 N–H and O–H groups in total. The molecule has 0 saturated carbocycles. The molecule has 3 aromatic carbocycles. The van der Waals surface area contributed by atoms with Gasteiger partial charge in [-0.05, 0) is 61.7 Å². The van der Waals surface area contributed by atoms with E-state index in [1.807, 2.05) is 30.3 Å². The number of carbonyl (C=O) groups is 4. The number of para-hydroxylation sites is 1. The van der Waals surface area contributed by atoms with E-state index in [1.165, 1.54) is 16.4 Å². The lowest BCUT2D eigenvalue weighted by molar-refractivity contribution is -0.136. The Kier molecular flexibility index (Phi) is 11.6. The number of piperidine rings is 2. The van der Waals surface area contributed by atoms with Gasteiger partial charge in [-0.1, -0.05) is 23.7 Å². The summed E-state index contributed by atoms with van der Waals surface area (Å²) in [5.41, 5.74) is 4.28. The molecule has 4 amide bonds. The molecule has 5 aliphatic heterocycles. The van der Waals surface area contributed by atoms with Gasteiger partial charge in [0.25, 0.3) is 11.8 Å². The zero-order valence-corrected chi connectivity index (χ0v) is 38.1. The summed E-state index contributed by atoms with van der Waals surface area (Å²) >= 11 is 6.52. The van der Waals surface area contributed by atoms with Crippen LogP contribution in [0.3, 0.4) is 0 Å². The van der Waals surface area contributed by atoms with E-state index in [1.54, 1.807) is 31.4 Å². The lowest BCUT2D eigenvalue weighted by Gasteiger charge is -2.46. The van der Waals surface area contributed by atoms with Crippen LogP contribution in [0.15, 0.2) is 73.1 Å². The molecule has 20 heteroatoms. The predicted octanol–water partition coefficient (Wildman–Crippen LogP) is 4.51. The fraction of sp³-hybridized carbons (Fsp3) is 0.391. The minimum absolute atomic E-state index is 0.0914. The number of anilines is 6. The van der Waals surface area contributed by atoms with Crippen molar-refractivity contribution in [1.29, 1.82) is 0 Å². The van der Waals surface area contributed by atoms with Crippen molar-refractivity contribution in [2.24, 2.45) is 5.92 Å². The van der Waals surface area contributed by atoms with Gasteiger partial charge < -0.3 is 30.1 Å². The Hall–Kier alpha value is -6.28. The molecular formula is C46H50ClN11O7S. The van der Waals surface area contributed by atoms with Gasteiger partial charge in [0.05, 0.1) is 47.6 Å². The molecule has 7 heterocycles. The summed E-state index contributed by atoms with van der Waals surface area (Å²) < 4.78 is 32.0. The third kappa shape index (κ3) is 8.40. The maximum Gasteiger partial charge on any atom is 0.262 e. The Balaban J connectivity index is 0.690. The number of fused-ring (bicyclic) bond motifs is 2. The summed E-state index contributed by atoms with van der Waals surface area (Å²) in [5.74, 6) is -0.227. The molecule has 1 atom stereocenters. The second kappa shape index (κ2) is 17.5. The number of aromatic nitrogens is 3. The SMILES string of the molecule is COc1cc(N2CCC(N3CCN(CC4CN(c5ccc6c(c5)C(=O)N(C5CCC(=O)NC5=O)C6=O)C4)CC3)CC2)ccc1Nc1ncc(Cl)c(Nc2cccc3ccn(S(C)(=O)=O)c23)n1. The number of ether oxygens (including phenoxy) is 1. The highest BCUT2D eigenvalue weighted by Gasteiger charge is 2.45. The Labute approximate surface area is 386 Å². The summed E-state index contributed by atoms with van der Waals surface area (Å²) in [6.07, 6.45) is 6.52. The molecule has 5 aliphatic rings. The molecule has 0 aliphatic carbocycles. The third-order valence-corrected chi connectivity index (χ3v) is 14.8. The molecule has 1 unspecified atom stereocenters. The van der Waals surface area contributed by atoms with Crippen molar-refractivity contribution in [3.05, 3.63) is 89.2 Å². The van der Waals surface area contributed by atoms with Gasteiger partial charge in [0.15, 0.2) is 5.82 Å². The molecule has 66 heavy (non-hydrogen) atoms. The van der Waals surface area contributed by atoms with Gasteiger partial charge in [-0.15, -0.1) is 0 Å². The van der Waals surface area contributed by atoms with Crippen LogP contribution in [0.5, 0.6) is 5.75 Å². The first-order chi connectivity index (χ1) is 31.8. The van der Waals surface area contributed by atoms with Crippen molar-refractivity contribution < 1.29 is 32.3 Å². The Morgan fingerprint density at radius 3 is 2.32 bits per heavy atom. The van der Waals surface area contributed by atoms with E-state index in [2.05, 4.69) is 51.6 Å². The molecule has 18 nitrogen and oxygen atoms in total. The number of hydrogen-bond donors (Lipinski definition) is 3. The van der Waals surface area contributed by atoms with Crippen LogP contribution in [-0.2, 0) is 19.6 Å². The average Bonchev–Trinajstić information content (AvgIpc) is 3.85. The maximum atomic E-state index is 13.3. The quantitative estimate of drug-likeness (QED) is 0.148. The fourth-order valence-electron chi connectivity index (χ4n) is 10.0. The van der Waals surface area contributed by atoms with E-state index in [4.69, 9.17) is 16.3 Å². The average molecular weight is 936 g/mol. The first-order valence-electron chi connectivity index (χ1n) is 22.2. The lowest BCUT2D eigenvalue weighted by Crippen LogP contribution is -2.57. The molecule has 10 rings (SSSR count). The number of nitrogens with one attached hydrogen (secondary N) is 3. The number of hydrogen-bond acceptors (Lipinski definition) is 15. The van der Waals surface area contributed by atoms with Gasteiger partial charge in [0.2, 0.25) is 27.8 Å². The summed E-state index contributed by atoms with van der Waals surface area (Å²) in [6, 6.07) is 18.1. The number of piperazine rings is 1. The number of methoxy groups -OCH3 is 1. The summed E-state index contributed by atoms with van der Waals surface area (Å²) in [7, 11) is -1.92. The van der Waals surface area contributed by atoms with Crippen molar-refractivity contribution in [2.45, 2.75) is 37.8 Å². The zero-order chi connectivity index (χ0) is 45.9. The van der Waals surface area contributed by atoms with Gasteiger partial charge in [-0.25, -0.2) is 17.4 Å². The number of rotatable bonds is 12. The molecular weight excluding hydrogens is 886 g/mol. The third-order valence-electron chi connectivity index (χ3n) is 13.5. The van der Waals surface area contributed by atoms with Gasteiger partial charge in [0, 0.05) is 106 Å². The van der Waals surface area contributed by atoms with E-state index >= 15 is 0 Å². The van der Waals surface area contributed by atoms with E-state index in [-0.39, 0.29) is 23.8 Å². The van der Waals surface area contributed by atoms with Crippen LogP contribution in [0.2, 0.25) is 5.02 Å². The first-order valence-corrected chi connectivity index (χ1v) is 24.4. The predicted molar refractivity (Wildman–Crippen MR) is 251 cm³/mol. The molecule has 0 spiro atoms. The van der Waals surface area contributed by atoms with Crippen LogP contribution in [0.1, 0.15) is 46.4 Å². The van der Waals surface area contributed by atoms with Crippen molar-refractivity contribution in [2.75, 3.05) is 92.7 Å². The highest BCUT2D eigenvalue weighted by molar-refractivity contribution is 7.89.